The van der Waals surface area contributed by atoms with E-state index in [0.29, 0.717) is 19.0 Å². The average Bonchev–Trinajstić information content (AvgIpc) is 3.16. The first-order valence-electron chi connectivity index (χ1n) is 6.51. The second-order valence-electron chi connectivity index (χ2n) is 4.23. The average molecular weight is 347 g/mol. The van der Waals surface area contributed by atoms with Gasteiger partial charge in [0.25, 0.3) is 0 Å². The largest absolute Gasteiger partial charge is 0.382 e. The molecule has 1 N–H and O–H groups in total. The molecule has 0 aliphatic heterocycles. The van der Waals surface area contributed by atoms with E-state index in [-0.39, 0.29) is 24.8 Å². The lowest BCUT2D eigenvalue weighted by Crippen LogP contribution is -2.28. The Labute approximate surface area is 132 Å². The molecule has 0 spiro atoms. The number of hydrogen-bond donors (Lipinski definition) is 1. The maximum atomic E-state index is 11.8. The van der Waals surface area contributed by atoms with Crippen molar-refractivity contribution in [3.05, 3.63) is 23.4 Å². The molecule has 0 aliphatic rings. The maximum Gasteiger partial charge on any atom is 0.242 e. The number of methoxy groups -OCH3 is 1. The van der Waals surface area contributed by atoms with Gasteiger partial charge in [-0.25, -0.2) is 13.1 Å². The summed E-state index contributed by atoms with van der Waals surface area (Å²) in [5.74, 6) is 0.530. The first-order valence-corrected chi connectivity index (χ1v) is 9.04. The van der Waals surface area contributed by atoms with Gasteiger partial charge in [-0.15, -0.1) is 11.3 Å². The highest BCUT2D eigenvalue weighted by molar-refractivity contribution is 7.89. The van der Waals surface area contributed by atoms with Crippen molar-refractivity contribution < 1.29 is 22.4 Å². The molecule has 0 amide bonds. The van der Waals surface area contributed by atoms with Gasteiger partial charge in [0.05, 0.1) is 37.0 Å². The molecule has 0 unspecified atom stereocenters. The number of nitrogens with zero attached hydrogens (tertiary/aromatic N) is 2. The van der Waals surface area contributed by atoms with Crippen LogP contribution in [0.4, 0.5) is 0 Å². The van der Waals surface area contributed by atoms with E-state index in [4.69, 9.17) is 14.0 Å². The summed E-state index contributed by atoms with van der Waals surface area (Å²) in [6, 6.07) is 3.74. The standard InChI is InChI=1S/C12H17N3O5S2/c1-18-4-5-19-6-8-22(16,17)13-9-11-14-12(15-20-11)10-3-2-7-21-10/h2-3,7,13H,4-6,8-9H2,1H3. The molecule has 0 aromatic carbocycles. The molecule has 10 heteroatoms. The highest BCUT2D eigenvalue weighted by Gasteiger charge is 2.14. The van der Waals surface area contributed by atoms with Gasteiger partial charge in [-0.05, 0) is 11.4 Å². The normalized spacial score (nSPS) is 11.9. The molecule has 0 saturated heterocycles. The molecule has 2 aromatic heterocycles. The Morgan fingerprint density at radius 2 is 2.23 bits per heavy atom. The molecule has 22 heavy (non-hydrogen) atoms. The molecule has 0 saturated carbocycles. The SMILES string of the molecule is COCCOCCS(=O)(=O)NCc1nc(-c2cccs2)no1. The van der Waals surface area contributed by atoms with Gasteiger partial charge in [-0.1, -0.05) is 11.2 Å². The third kappa shape index (κ3) is 5.46. The third-order valence-electron chi connectivity index (χ3n) is 2.58. The first-order chi connectivity index (χ1) is 10.6. The second-order valence-corrected chi connectivity index (χ2v) is 7.11. The highest BCUT2D eigenvalue weighted by atomic mass is 32.2. The van der Waals surface area contributed by atoms with Crippen molar-refractivity contribution in [2.24, 2.45) is 0 Å². The van der Waals surface area contributed by atoms with Crippen LogP contribution in [0.15, 0.2) is 22.0 Å². The van der Waals surface area contributed by atoms with E-state index in [1.807, 2.05) is 17.5 Å². The summed E-state index contributed by atoms with van der Waals surface area (Å²) < 4.78 is 40.8. The zero-order valence-electron chi connectivity index (χ0n) is 12.0. The fraction of sp³-hybridized carbons (Fsp3) is 0.500. The number of rotatable bonds is 10. The highest BCUT2D eigenvalue weighted by Crippen LogP contribution is 2.21. The molecular weight excluding hydrogens is 330 g/mol. The molecule has 122 valence electrons. The van der Waals surface area contributed by atoms with Gasteiger partial charge in [-0.3, -0.25) is 0 Å². The van der Waals surface area contributed by atoms with Crippen molar-refractivity contribution in [2.75, 3.05) is 32.7 Å². The summed E-state index contributed by atoms with van der Waals surface area (Å²) in [5, 5.41) is 5.71. The number of sulfonamides is 1. The van der Waals surface area contributed by atoms with Crippen molar-refractivity contribution in [3.8, 4) is 10.7 Å². The number of hydrogen-bond acceptors (Lipinski definition) is 8. The van der Waals surface area contributed by atoms with Crippen LogP contribution in [-0.4, -0.2) is 51.2 Å². The summed E-state index contributed by atoms with van der Waals surface area (Å²) >= 11 is 1.48. The van der Waals surface area contributed by atoms with E-state index in [0.717, 1.165) is 4.88 Å². The minimum absolute atomic E-state index is 0.0429. The molecule has 2 aromatic rings. The van der Waals surface area contributed by atoms with E-state index in [2.05, 4.69) is 14.9 Å². The van der Waals surface area contributed by atoms with Gasteiger partial charge in [-0.2, -0.15) is 4.98 Å². The molecule has 0 radical (unpaired) electrons. The van der Waals surface area contributed by atoms with E-state index in [1.165, 1.54) is 11.3 Å². The summed E-state index contributed by atoms with van der Waals surface area (Å²) in [7, 11) is -1.90. The van der Waals surface area contributed by atoms with Crippen LogP contribution in [0.2, 0.25) is 0 Å². The molecule has 0 fully saturated rings. The smallest absolute Gasteiger partial charge is 0.242 e. The van der Waals surface area contributed by atoms with Crippen LogP contribution in [0.5, 0.6) is 0 Å². The summed E-state index contributed by atoms with van der Waals surface area (Å²) in [5.41, 5.74) is 0. The Kier molecular flexibility index (Phi) is 6.46. The first kappa shape index (κ1) is 17.0. The number of nitrogens with one attached hydrogen (secondary N) is 1. The van der Waals surface area contributed by atoms with Crippen LogP contribution >= 0.6 is 11.3 Å². The number of aromatic nitrogens is 2. The quantitative estimate of drug-likeness (QED) is 0.636. The van der Waals surface area contributed by atoms with E-state index in [9.17, 15) is 8.42 Å². The van der Waals surface area contributed by atoms with Gasteiger partial charge < -0.3 is 14.0 Å². The van der Waals surface area contributed by atoms with Crippen LogP contribution < -0.4 is 4.72 Å². The van der Waals surface area contributed by atoms with E-state index < -0.39 is 10.0 Å². The molecular formula is C12H17N3O5S2. The lowest BCUT2D eigenvalue weighted by atomic mass is 10.4. The maximum absolute atomic E-state index is 11.8. The lowest BCUT2D eigenvalue weighted by Gasteiger charge is -2.05. The van der Waals surface area contributed by atoms with Crippen LogP contribution in [0.3, 0.4) is 0 Å². The van der Waals surface area contributed by atoms with Gasteiger partial charge in [0, 0.05) is 7.11 Å². The van der Waals surface area contributed by atoms with Crippen molar-refractivity contribution in [2.45, 2.75) is 6.54 Å². The number of thiophene rings is 1. The van der Waals surface area contributed by atoms with Crippen molar-refractivity contribution in [1.82, 2.24) is 14.9 Å². The molecule has 0 aliphatic carbocycles. The third-order valence-corrected chi connectivity index (χ3v) is 4.74. The van der Waals surface area contributed by atoms with E-state index >= 15 is 0 Å². The van der Waals surface area contributed by atoms with Gasteiger partial charge in [0.2, 0.25) is 21.7 Å². The van der Waals surface area contributed by atoms with Gasteiger partial charge in [0.1, 0.15) is 0 Å². The zero-order chi connectivity index (χ0) is 15.8. The van der Waals surface area contributed by atoms with Gasteiger partial charge >= 0.3 is 0 Å². The predicted octanol–water partition coefficient (Wildman–Crippen LogP) is 0.881. The van der Waals surface area contributed by atoms with Crippen molar-refractivity contribution in [1.29, 1.82) is 0 Å². The molecule has 2 heterocycles. The number of ether oxygens (including phenoxy) is 2. The molecule has 0 bridgehead atoms. The molecule has 2 rings (SSSR count). The van der Waals surface area contributed by atoms with Crippen molar-refractivity contribution >= 4 is 21.4 Å². The Morgan fingerprint density at radius 3 is 2.95 bits per heavy atom. The predicted molar refractivity (Wildman–Crippen MR) is 80.9 cm³/mol. The second kappa shape index (κ2) is 8.34. The van der Waals surface area contributed by atoms with Crippen LogP contribution in [0, 0.1) is 0 Å². The minimum Gasteiger partial charge on any atom is -0.382 e. The van der Waals surface area contributed by atoms with Crippen LogP contribution in [0.1, 0.15) is 5.89 Å². The van der Waals surface area contributed by atoms with Crippen molar-refractivity contribution in [3.63, 3.8) is 0 Å². The summed E-state index contributed by atoms with van der Waals surface area (Å²) in [6.45, 7) is 0.850. The summed E-state index contributed by atoms with van der Waals surface area (Å²) in [6.07, 6.45) is 0. The molecule has 0 atom stereocenters. The Balaban J connectivity index is 1.77. The lowest BCUT2D eigenvalue weighted by molar-refractivity contribution is 0.0784. The monoisotopic (exact) mass is 347 g/mol. The van der Waals surface area contributed by atoms with E-state index in [1.54, 1.807) is 7.11 Å². The topological polar surface area (TPSA) is 104 Å². The Bertz CT molecular complexity index is 654. The fourth-order valence-corrected chi connectivity index (χ4v) is 2.96. The summed E-state index contributed by atoms with van der Waals surface area (Å²) in [4.78, 5) is 5.00. The minimum atomic E-state index is -3.45. The Morgan fingerprint density at radius 1 is 1.36 bits per heavy atom. The van der Waals surface area contributed by atoms with Crippen LogP contribution in [-0.2, 0) is 26.0 Å². The van der Waals surface area contributed by atoms with Gasteiger partial charge in [0.15, 0.2) is 0 Å². The Hall–Kier alpha value is -1.33. The van der Waals surface area contributed by atoms with Crippen LogP contribution in [0.25, 0.3) is 10.7 Å². The zero-order valence-corrected chi connectivity index (χ0v) is 13.7. The fourth-order valence-electron chi connectivity index (χ4n) is 1.49. The molecule has 8 nitrogen and oxygen atoms in total.